The summed E-state index contributed by atoms with van der Waals surface area (Å²) in [6.45, 7) is 1.02. The van der Waals surface area contributed by atoms with Crippen LogP contribution in [0.5, 0.6) is 11.5 Å². The zero-order valence-electron chi connectivity index (χ0n) is 12.9. The number of benzene rings is 1. The first-order valence-corrected chi connectivity index (χ1v) is 8.10. The number of aliphatic hydroxyl groups excluding tert-OH is 3. The van der Waals surface area contributed by atoms with Crippen LogP contribution >= 0.6 is 11.8 Å². The van der Waals surface area contributed by atoms with Crippen LogP contribution in [0.2, 0.25) is 0 Å². The van der Waals surface area contributed by atoms with Crippen molar-refractivity contribution >= 4 is 17.7 Å². The fourth-order valence-corrected chi connectivity index (χ4v) is 3.68. The SMILES string of the molecule is COc1ccc(O[C@@H]2S[C@H](CO)[C@@H](O)[C@H](O)[C@H]2NC(C)=O)cc1. The summed E-state index contributed by atoms with van der Waals surface area (Å²) in [6, 6.07) is 6.07. The molecule has 1 aliphatic rings. The summed E-state index contributed by atoms with van der Waals surface area (Å²) < 4.78 is 10.9. The van der Waals surface area contributed by atoms with E-state index in [-0.39, 0.29) is 12.5 Å². The van der Waals surface area contributed by atoms with Crippen molar-refractivity contribution in [3.8, 4) is 11.5 Å². The van der Waals surface area contributed by atoms with Crippen molar-refractivity contribution in [3.05, 3.63) is 24.3 Å². The molecule has 23 heavy (non-hydrogen) atoms. The maximum Gasteiger partial charge on any atom is 0.217 e. The normalized spacial score (nSPS) is 30.6. The van der Waals surface area contributed by atoms with Crippen LogP contribution in [0.25, 0.3) is 0 Å². The fraction of sp³-hybridized carbons (Fsp3) is 0.533. The summed E-state index contributed by atoms with van der Waals surface area (Å²) in [4.78, 5) is 11.4. The second-order valence-electron chi connectivity index (χ2n) is 5.23. The van der Waals surface area contributed by atoms with Gasteiger partial charge < -0.3 is 30.1 Å². The van der Waals surface area contributed by atoms with Gasteiger partial charge in [0, 0.05) is 6.92 Å². The quantitative estimate of drug-likeness (QED) is 0.583. The third-order valence-corrected chi connectivity index (χ3v) is 5.00. The molecule has 1 saturated heterocycles. The van der Waals surface area contributed by atoms with Gasteiger partial charge in [0.25, 0.3) is 0 Å². The number of nitrogens with one attached hydrogen (secondary N) is 1. The molecule has 4 N–H and O–H groups in total. The largest absolute Gasteiger partial charge is 0.497 e. The second kappa shape index (κ2) is 7.87. The summed E-state index contributed by atoms with van der Waals surface area (Å²) in [7, 11) is 1.56. The standard InChI is InChI=1S/C15H21NO6S/c1-8(18)16-12-14(20)13(19)11(7-17)23-15(12)22-10-5-3-9(21-2)4-6-10/h3-6,11-15,17,19-20H,7H2,1-2H3,(H,16,18)/t11-,12-,13-,14-,15-/m1/s1. The monoisotopic (exact) mass is 343 g/mol. The number of thioether (sulfide) groups is 1. The molecule has 0 spiro atoms. The van der Waals surface area contributed by atoms with Crippen LogP contribution in [0.3, 0.4) is 0 Å². The molecular weight excluding hydrogens is 322 g/mol. The highest BCUT2D eigenvalue weighted by molar-refractivity contribution is 8.00. The van der Waals surface area contributed by atoms with Crippen LogP contribution in [0, 0.1) is 0 Å². The van der Waals surface area contributed by atoms with Crippen LogP contribution in [-0.4, -0.2) is 63.9 Å². The molecule has 1 amide bonds. The second-order valence-corrected chi connectivity index (χ2v) is 6.57. The van der Waals surface area contributed by atoms with Gasteiger partial charge in [-0.15, -0.1) is 11.8 Å². The third kappa shape index (κ3) is 4.29. The molecule has 1 fully saturated rings. The molecule has 0 saturated carbocycles. The first-order valence-electron chi connectivity index (χ1n) is 7.16. The molecule has 0 aromatic heterocycles. The molecule has 0 aliphatic carbocycles. The number of ether oxygens (including phenoxy) is 2. The molecule has 2 rings (SSSR count). The number of amides is 1. The average molecular weight is 343 g/mol. The van der Waals surface area contributed by atoms with E-state index in [0.717, 1.165) is 0 Å². The lowest BCUT2D eigenvalue weighted by atomic mass is 10.0. The Balaban J connectivity index is 2.17. The van der Waals surface area contributed by atoms with Crippen LogP contribution < -0.4 is 14.8 Å². The van der Waals surface area contributed by atoms with E-state index in [2.05, 4.69) is 5.32 Å². The van der Waals surface area contributed by atoms with Crippen molar-refractivity contribution in [1.29, 1.82) is 0 Å². The molecule has 0 bridgehead atoms. The van der Waals surface area contributed by atoms with Gasteiger partial charge in [-0.25, -0.2) is 0 Å². The van der Waals surface area contributed by atoms with Crippen molar-refractivity contribution in [1.82, 2.24) is 5.32 Å². The topological polar surface area (TPSA) is 108 Å². The predicted molar refractivity (Wildman–Crippen MR) is 85.5 cm³/mol. The zero-order valence-corrected chi connectivity index (χ0v) is 13.7. The summed E-state index contributed by atoms with van der Waals surface area (Å²) in [5.41, 5.74) is -0.650. The van der Waals surface area contributed by atoms with E-state index in [0.29, 0.717) is 11.5 Å². The number of hydrogen-bond acceptors (Lipinski definition) is 7. The molecule has 0 radical (unpaired) electrons. The van der Waals surface area contributed by atoms with Crippen LogP contribution in [-0.2, 0) is 4.79 Å². The van der Waals surface area contributed by atoms with Crippen molar-refractivity contribution in [2.75, 3.05) is 13.7 Å². The number of rotatable bonds is 5. The minimum Gasteiger partial charge on any atom is -0.497 e. The first kappa shape index (κ1) is 17.9. The van der Waals surface area contributed by atoms with Gasteiger partial charge in [0.1, 0.15) is 23.6 Å². The summed E-state index contributed by atoms with van der Waals surface area (Å²) >= 11 is 1.17. The Hall–Kier alpha value is -1.48. The Kier molecular flexibility index (Phi) is 6.11. The number of methoxy groups -OCH3 is 1. The van der Waals surface area contributed by atoms with E-state index < -0.39 is 28.9 Å². The third-order valence-electron chi connectivity index (χ3n) is 3.56. The lowest BCUT2D eigenvalue weighted by Crippen LogP contribution is -2.61. The minimum absolute atomic E-state index is 0.307. The van der Waals surface area contributed by atoms with Gasteiger partial charge in [0.2, 0.25) is 5.91 Å². The number of carbonyl (C=O) groups is 1. The Labute approximate surface area is 138 Å². The highest BCUT2D eigenvalue weighted by atomic mass is 32.2. The maximum atomic E-state index is 11.4. The molecule has 128 valence electrons. The zero-order chi connectivity index (χ0) is 17.0. The van der Waals surface area contributed by atoms with E-state index in [1.807, 2.05) is 0 Å². The molecular formula is C15H21NO6S. The molecule has 0 unspecified atom stereocenters. The lowest BCUT2D eigenvalue weighted by Gasteiger charge is -2.41. The van der Waals surface area contributed by atoms with Crippen molar-refractivity contribution in [2.24, 2.45) is 0 Å². The molecule has 1 aliphatic heterocycles. The number of carbonyl (C=O) groups excluding carboxylic acids is 1. The predicted octanol–water partition coefficient (Wildman–Crippen LogP) is -0.266. The minimum atomic E-state index is -1.24. The summed E-state index contributed by atoms with van der Waals surface area (Å²) in [5, 5.41) is 31.6. The van der Waals surface area contributed by atoms with Crippen molar-refractivity contribution in [2.45, 2.75) is 35.9 Å². The molecule has 1 aromatic carbocycles. The molecule has 1 heterocycles. The van der Waals surface area contributed by atoms with E-state index in [1.54, 1.807) is 31.4 Å². The van der Waals surface area contributed by atoms with Gasteiger partial charge in [0.05, 0.1) is 25.1 Å². The maximum absolute atomic E-state index is 11.4. The molecule has 1 aromatic rings. The number of aliphatic hydroxyl groups is 3. The van der Waals surface area contributed by atoms with Crippen molar-refractivity contribution < 1.29 is 29.6 Å². The van der Waals surface area contributed by atoms with Crippen LogP contribution in [0.15, 0.2) is 24.3 Å². The van der Waals surface area contributed by atoms with Crippen LogP contribution in [0.1, 0.15) is 6.92 Å². The van der Waals surface area contributed by atoms with E-state index >= 15 is 0 Å². The smallest absolute Gasteiger partial charge is 0.217 e. The van der Waals surface area contributed by atoms with Gasteiger partial charge in [0.15, 0.2) is 5.44 Å². The van der Waals surface area contributed by atoms with Gasteiger partial charge in [-0.3, -0.25) is 4.79 Å². The van der Waals surface area contributed by atoms with Gasteiger partial charge >= 0.3 is 0 Å². The van der Waals surface area contributed by atoms with E-state index in [9.17, 15) is 20.1 Å². The first-order chi connectivity index (χ1) is 11.0. The van der Waals surface area contributed by atoms with Gasteiger partial charge in [-0.1, -0.05) is 0 Å². The van der Waals surface area contributed by atoms with E-state index in [4.69, 9.17) is 9.47 Å². The van der Waals surface area contributed by atoms with Crippen LogP contribution in [0.4, 0.5) is 0 Å². The molecule has 8 heteroatoms. The Morgan fingerprint density at radius 2 is 1.83 bits per heavy atom. The van der Waals surface area contributed by atoms with Crippen molar-refractivity contribution in [3.63, 3.8) is 0 Å². The van der Waals surface area contributed by atoms with Gasteiger partial charge in [-0.2, -0.15) is 0 Å². The number of hydrogen-bond donors (Lipinski definition) is 4. The molecule has 5 atom stereocenters. The molecule has 7 nitrogen and oxygen atoms in total. The average Bonchev–Trinajstić information content (AvgIpc) is 2.54. The lowest BCUT2D eigenvalue weighted by molar-refractivity contribution is -0.122. The highest BCUT2D eigenvalue weighted by Crippen LogP contribution is 2.34. The fourth-order valence-electron chi connectivity index (χ4n) is 2.36. The highest BCUT2D eigenvalue weighted by Gasteiger charge is 2.45. The van der Waals surface area contributed by atoms with Gasteiger partial charge in [-0.05, 0) is 24.3 Å². The summed E-state index contributed by atoms with van der Waals surface area (Å²) in [6.07, 6.45) is -2.39. The summed E-state index contributed by atoms with van der Waals surface area (Å²) in [5.74, 6) is 0.863. The Morgan fingerprint density at radius 1 is 1.22 bits per heavy atom. The Bertz CT molecular complexity index is 525. The van der Waals surface area contributed by atoms with E-state index in [1.165, 1.54) is 18.7 Å². The Morgan fingerprint density at radius 3 is 2.35 bits per heavy atom.